The van der Waals surface area contributed by atoms with Crippen molar-refractivity contribution < 1.29 is 4.79 Å². The van der Waals surface area contributed by atoms with Crippen LogP contribution < -0.4 is 5.73 Å². The molecule has 0 aliphatic rings. The Labute approximate surface area is 76.5 Å². The largest absolute Gasteiger partial charge is 0.383 e. The molecule has 0 saturated heterocycles. The van der Waals surface area contributed by atoms with E-state index in [1.165, 1.54) is 0 Å². The van der Waals surface area contributed by atoms with Crippen molar-refractivity contribution in [2.75, 3.05) is 5.73 Å². The molecule has 0 saturated carbocycles. The molecule has 1 aromatic rings. The Hall–Kier alpha value is -1.71. The Kier molecular flexibility index (Phi) is 2.74. The highest BCUT2D eigenvalue weighted by Crippen LogP contribution is 2.10. The highest BCUT2D eigenvalue weighted by Gasteiger charge is 2.05. The van der Waals surface area contributed by atoms with Crippen LogP contribution in [-0.4, -0.2) is 16.3 Å². The number of aryl methyl sites for hydroxylation is 1. The van der Waals surface area contributed by atoms with Gasteiger partial charge < -0.3 is 5.73 Å². The van der Waals surface area contributed by atoms with Gasteiger partial charge in [0.15, 0.2) is 12.1 Å². The number of aldehydes is 1. The average Bonchev–Trinajstić information content (AvgIpc) is 2.04. The van der Waals surface area contributed by atoms with E-state index in [1.807, 2.05) is 13.0 Å². The Morgan fingerprint density at radius 1 is 1.38 bits per heavy atom. The van der Waals surface area contributed by atoms with Crippen molar-refractivity contribution in [1.29, 1.82) is 0 Å². The normalized spacial score (nSPS) is 10.6. The van der Waals surface area contributed by atoms with Gasteiger partial charge in [0.1, 0.15) is 5.82 Å². The number of hydrogen-bond donors (Lipinski definition) is 1. The van der Waals surface area contributed by atoms with Gasteiger partial charge in [0.25, 0.3) is 0 Å². The van der Waals surface area contributed by atoms with Crippen molar-refractivity contribution in [2.45, 2.75) is 13.8 Å². The molecule has 0 aliphatic carbocycles. The highest BCUT2D eigenvalue weighted by molar-refractivity contribution is 5.83. The van der Waals surface area contributed by atoms with Gasteiger partial charge in [-0.15, -0.1) is 0 Å². The van der Waals surface area contributed by atoms with Crippen molar-refractivity contribution in [1.82, 2.24) is 9.97 Å². The number of nitrogens with two attached hydrogens (primary N) is 1. The van der Waals surface area contributed by atoms with Crippen LogP contribution in [0.15, 0.2) is 6.08 Å². The lowest BCUT2D eigenvalue weighted by Gasteiger charge is -2.02. The molecule has 1 aromatic heterocycles. The summed E-state index contributed by atoms with van der Waals surface area (Å²) in [7, 11) is 0. The van der Waals surface area contributed by atoms with Crippen LogP contribution in [0, 0.1) is 6.92 Å². The molecule has 0 bridgehead atoms. The van der Waals surface area contributed by atoms with E-state index in [1.54, 1.807) is 13.0 Å². The molecule has 0 aliphatic heterocycles. The lowest BCUT2D eigenvalue weighted by molar-refractivity contribution is 0.112. The summed E-state index contributed by atoms with van der Waals surface area (Å²) < 4.78 is 0. The van der Waals surface area contributed by atoms with Crippen LogP contribution in [-0.2, 0) is 0 Å². The lowest BCUT2D eigenvalue weighted by atomic mass is 10.2. The molecule has 0 unspecified atom stereocenters. The Morgan fingerprint density at radius 3 is 2.54 bits per heavy atom. The van der Waals surface area contributed by atoms with E-state index in [4.69, 9.17) is 5.73 Å². The van der Waals surface area contributed by atoms with Crippen LogP contribution >= 0.6 is 0 Å². The second-order valence-electron chi connectivity index (χ2n) is 2.58. The summed E-state index contributed by atoms with van der Waals surface area (Å²) in [6.07, 6.45) is 4.22. The number of carbonyl (C=O) groups is 1. The van der Waals surface area contributed by atoms with Gasteiger partial charge in [0, 0.05) is 0 Å². The Morgan fingerprint density at radius 2 is 2.08 bits per heavy atom. The smallest absolute Gasteiger partial charge is 0.155 e. The summed E-state index contributed by atoms with van der Waals surface area (Å²) in [5.41, 5.74) is 6.52. The number of aromatic nitrogens is 2. The predicted octanol–water partition coefficient (Wildman–Crippen LogP) is 1.21. The van der Waals surface area contributed by atoms with E-state index in [0.717, 1.165) is 0 Å². The van der Waals surface area contributed by atoms with Crippen LogP contribution in [0.2, 0.25) is 0 Å². The van der Waals surface area contributed by atoms with Gasteiger partial charge in [-0.25, -0.2) is 9.97 Å². The van der Waals surface area contributed by atoms with E-state index >= 15 is 0 Å². The molecule has 68 valence electrons. The SMILES string of the molecule is C/C=C\c1nc(C)c(C=O)c(N)n1. The van der Waals surface area contributed by atoms with E-state index in [9.17, 15) is 4.79 Å². The molecule has 0 amide bonds. The number of nitrogen functional groups attached to an aromatic ring is 1. The number of nitrogens with zero attached hydrogens (tertiary/aromatic N) is 2. The first-order valence-corrected chi connectivity index (χ1v) is 3.91. The van der Waals surface area contributed by atoms with Crippen molar-refractivity contribution in [3.05, 3.63) is 23.2 Å². The van der Waals surface area contributed by atoms with Crippen LogP contribution in [0.1, 0.15) is 28.8 Å². The monoisotopic (exact) mass is 177 g/mol. The maximum atomic E-state index is 10.5. The minimum atomic E-state index is 0.232. The fraction of sp³-hybridized carbons (Fsp3) is 0.222. The molecular formula is C9H11N3O. The van der Waals surface area contributed by atoms with Crippen LogP contribution in [0.3, 0.4) is 0 Å². The first-order chi connectivity index (χ1) is 6.19. The second-order valence-corrected chi connectivity index (χ2v) is 2.58. The molecule has 0 spiro atoms. The molecule has 1 rings (SSSR count). The average molecular weight is 177 g/mol. The molecule has 0 radical (unpaired) electrons. The predicted molar refractivity (Wildman–Crippen MR) is 51.3 cm³/mol. The first kappa shape index (κ1) is 9.38. The summed E-state index contributed by atoms with van der Waals surface area (Å²) in [4.78, 5) is 18.6. The van der Waals surface area contributed by atoms with Crippen LogP contribution in [0.4, 0.5) is 5.82 Å². The third-order valence-corrected chi connectivity index (χ3v) is 1.62. The summed E-state index contributed by atoms with van der Waals surface area (Å²) in [6, 6.07) is 0. The maximum Gasteiger partial charge on any atom is 0.155 e. The topological polar surface area (TPSA) is 68.9 Å². The summed E-state index contributed by atoms with van der Waals surface area (Å²) in [5, 5.41) is 0. The van der Waals surface area contributed by atoms with Crippen molar-refractivity contribution in [3.63, 3.8) is 0 Å². The Balaban J connectivity index is 3.27. The summed E-state index contributed by atoms with van der Waals surface area (Å²) in [6.45, 7) is 3.59. The zero-order valence-electron chi connectivity index (χ0n) is 7.61. The van der Waals surface area contributed by atoms with E-state index in [0.29, 0.717) is 23.4 Å². The zero-order valence-corrected chi connectivity index (χ0v) is 7.61. The molecule has 1 heterocycles. The number of anilines is 1. The number of carbonyl (C=O) groups excluding carboxylic acids is 1. The lowest BCUT2D eigenvalue weighted by Crippen LogP contribution is -2.04. The third-order valence-electron chi connectivity index (χ3n) is 1.62. The standard InChI is InChI=1S/C9H11N3O/c1-3-4-8-11-6(2)7(5-13)9(10)12-8/h3-5H,1-2H3,(H2,10,11,12)/b4-3-. The molecule has 2 N–H and O–H groups in total. The van der Waals surface area contributed by atoms with Gasteiger partial charge in [-0.05, 0) is 19.9 Å². The first-order valence-electron chi connectivity index (χ1n) is 3.91. The minimum Gasteiger partial charge on any atom is -0.383 e. The third kappa shape index (κ3) is 1.90. The van der Waals surface area contributed by atoms with Gasteiger partial charge >= 0.3 is 0 Å². The van der Waals surface area contributed by atoms with E-state index < -0.39 is 0 Å². The highest BCUT2D eigenvalue weighted by atomic mass is 16.1. The molecule has 13 heavy (non-hydrogen) atoms. The van der Waals surface area contributed by atoms with Gasteiger partial charge in [-0.1, -0.05) is 6.08 Å². The molecular weight excluding hydrogens is 166 g/mol. The second kappa shape index (κ2) is 3.80. The molecule has 4 heteroatoms. The van der Waals surface area contributed by atoms with Gasteiger partial charge in [0.05, 0.1) is 11.3 Å². The van der Waals surface area contributed by atoms with E-state index in [2.05, 4.69) is 9.97 Å². The van der Waals surface area contributed by atoms with Crippen molar-refractivity contribution in [3.8, 4) is 0 Å². The quantitative estimate of drug-likeness (QED) is 0.689. The van der Waals surface area contributed by atoms with Gasteiger partial charge in [-0.3, -0.25) is 4.79 Å². The van der Waals surface area contributed by atoms with Gasteiger partial charge in [0.2, 0.25) is 0 Å². The zero-order chi connectivity index (χ0) is 9.84. The van der Waals surface area contributed by atoms with Crippen LogP contribution in [0.5, 0.6) is 0 Å². The van der Waals surface area contributed by atoms with E-state index in [-0.39, 0.29) is 5.82 Å². The molecule has 4 nitrogen and oxygen atoms in total. The summed E-state index contributed by atoms with van der Waals surface area (Å²) in [5.74, 6) is 0.763. The van der Waals surface area contributed by atoms with Crippen molar-refractivity contribution >= 4 is 18.2 Å². The Bertz CT molecular complexity index is 335. The molecule has 0 atom stereocenters. The summed E-state index contributed by atoms with van der Waals surface area (Å²) >= 11 is 0. The van der Waals surface area contributed by atoms with Crippen LogP contribution in [0.25, 0.3) is 6.08 Å². The van der Waals surface area contributed by atoms with Gasteiger partial charge in [-0.2, -0.15) is 0 Å². The fourth-order valence-corrected chi connectivity index (χ4v) is 0.995. The number of rotatable bonds is 2. The maximum absolute atomic E-state index is 10.5. The fourth-order valence-electron chi connectivity index (χ4n) is 0.995. The molecule has 0 fully saturated rings. The molecule has 0 aromatic carbocycles. The van der Waals surface area contributed by atoms with Crippen molar-refractivity contribution in [2.24, 2.45) is 0 Å². The minimum absolute atomic E-state index is 0.232. The number of allylic oxidation sites excluding steroid dienone is 1. The number of hydrogen-bond acceptors (Lipinski definition) is 4.